The van der Waals surface area contributed by atoms with Crippen LogP contribution in [0.5, 0.6) is 5.75 Å². The number of amides is 1. The summed E-state index contributed by atoms with van der Waals surface area (Å²) in [4.78, 5) is 11.8. The molecule has 94 valence electrons. The van der Waals surface area contributed by atoms with Crippen LogP contribution in [0.2, 0.25) is 0 Å². The molecule has 1 aromatic rings. The molecule has 1 aromatic carbocycles. The maximum atomic E-state index is 12.8. The second kappa shape index (κ2) is 6.23. The minimum Gasteiger partial charge on any atom is -0.507 e. The van der Waals surface area contributed by atoms with E-state index in [4.69, 9.17) is 0 Å². The van der Waals surface area contributed by atoms with E-state index in [2.05, 4.69) is 5.32 Å². The highest BCUT2D eigenvalue weighted by molar-refractivity contribution is 5.96. The largest absolute Gasteiger partial charge is 0.507 e. The number of phenols is 1. The van der Waals surface area contributed by atoms with Gasteiger partial charge in [-0.25, -0.2) is 4.39 Å². The molecular formula is C13H18FNO2. The van der Waals surface area contributed by atoms with Crippen LogP contribution in [0.15, 0.2) is 18.2 Å². The van der Waals surface area contributed by atoms with Crippen molar-refractivity contribution < 1.29 is 14.3 Å². The van der Waals surface area contributed by atoms with Crippen LogP contribution in [0.4, 0.5) is 4.39 Å². The van der Waals surface area contributed by atoms with Crippen molar-refractivity contribution >= 4 is 5.91 Å². The molecule has 1 unspecified atom stereocenters. The van der Waals surface area contributed by atoms with Gasteiger partial charge in [0.2, 0.25) is 0 Å². The van der Waals surface area contributed by atoms with Crippen LogP contribution in [0.1, 0.15) is 43.5 Å². The summed E-state index contributed by atoms with van der Waals surface area (Å²) in [5.74, 6) is -1.24. The van der Waals surface area contributed by atoms with E-state index < -0.39 is 5.82 Å². The molecule has 0 saturated carbocycles. The van der Waals surface area contributed by atoms with Gasteiger partial charge < -0.3 is 10.4 Å². The molecule has 1 rings (SSSR count). The first-order valence-corrected chi connectivity index (χ1v) is 5.87. The second-order valence-corrected chi connectivity index (χ2v) is 4.03. The van der Waals surface area contributed by atoms with Crippen LogP contribution in [0, 0.1) is 5.82 Å². The molecule has 4 heteroatoms. The number of phenolic OH excluding ortho intramolecular Hbond substituents is 1. The van der Waals surface area contributed by atoms with Crippen LogP contribution < -0.4 is 5.32 Å². The summed E-state index contributed by atoms with van der Waals surface area (Å²) < 4.78 is 12.8. The lowest BCUT2D eigenvalue weighted by molar-refractivity contribution is 0.0931. The summed E-state index contributed by atoms with van der Waals surface area (Å²) in [6.45, 7) is 4.04. The molecule has 0 aliphatic heterocycles. The Hall–Kier alpha value is -1.58. The van der Waals surface area contributed by atoms with Gasteiger partial charge in [-0.05, 0) is 25.0 Å². The van der Waals surface area contributed by atoms with Gasteiger partial charge >= 0.3 is 0 Å². The maximum absolute atomic E-state index is 12.8. The molecule has 3 nitrogen and oxygen atoms in total. The molecule has 0 heterocycles. The van der Waals surface area contributed by atoms with E-state index >= 15 is 0 Å². The highest BCUT2D eigenvalue weighted by Gasteiger charge is 2.15. The van der Waals surface area contributed by atoms with E-state index in [1.165, 1.54) is 6.07 Å². The molecule has 0 aromatic heterocycles. The maximum Gasteiger partial charge on any atom is 0.255 e. The SMILES string of the molecule is CCCC(CC)NC(=O)c1ccc(F)cc1O. The van der Waals surface area contributed by atoms with Crippen molar-refractivity contribution in [3.05, 3.63) is 29.6 Å². The standard InChI is InChI=1S/C13H18FNO2/c1-3-5-10(4-2)15-13(17)11-7-6-9(14)8-12(11)16/h6-8,10,16H,3-5H2,1-2H3,(H,15,17). The predicted octanol–water partition coefficient (Wildman–Crippen LogP) is 2.84. The van der Waals surface area contributed by atoms with Crippen molar-refractivity contribution in [2.24, 2.45) is 0 Å². The quantitative estimate of drug-likeness (QED) is 0.830. The van der Waals surface area contributed by atoms with Crippen LogP contribution in [0.3, 0.4) is 0 Å². The van der Waals surface area contributed by atoms with Gasteiger partial charge in [-0.2, -0.15) is 0 Å². The summed E-state index contributed by atoms with van der Waals surface area (Å²) in [6.07, 6.45) is 2.71. The number of aromatic hydroxyl groups is 1. The minimum absolute atomic E-state index is 0.0944. The average molecular weight is 239 g/mol. The molecule has 17 heavy (non-hydrogen) atoms. The van der Waals surface area contributed by atoms with Crippen LogP contribution >= 0.6 is 0 Å². The lowest BCUT2D eigenvalue weighted by Gasteiger charge is -2.16. The van der Waals surface area contributed by atoms with E-state index in [0.717, 1.165) is 31.4 Å². The first-order chi connectivity index (χ1) is 8.08. The third-order valence-corrected chi connectivity index (χ3v) is 2.67. The molecule has 0 saturated heterocycles. The van der Waals surface area contributed by atoms with E-state index in [1.54, 1.807) is 0 Å². The monoisotopic (exact) mass is 239 g/mol. The minimum atomic E-state index is -0.556. The van der Waals surface area contributed by atoms with Crippen LogP contribution in [0.25, 0.3) is 0 Å². The lowest BCUT2D eigenvalue weighted by Crippen LogP contribution is -2.34. The molecule has 0 spiro atoms. The number of carbonyl (C=O) groups excluding carboxylic acids is 1. The number of halogens is 1. The van der Waals surface area contributed by atoms with E-state index in [1.807, 2.05) is 13.8 Å². The van der Waals surface area contributed by atoms with Crippen LogP contribution in [-0.4, -0.2) is 17.1 Å². The Morgan fingerprint density at radius 1 is 1.47 bits per heavy atom. The van der Waals surface area contributed by atoms with Crippen molar-refractivity contribution in [3.63, 3.8) is 0 Å². The van der Waals surface area contributed by atoms with Crippen molar-refractivity contribution in [1.29, 1.82) is 0 Å². The van der Waals surface area contributed by atoms with Crippen molar-refractivity contribution in [2.75, 3.05) is 0 Å². The Labute approximate surface area is 101 Å². The first kappa shape index (κ1) is 13.5. The molecule has 0 aliphatic carbocycles. The van der Waals surface area contributed by atoms with Crippen molar-refractivity contribution in [2.45, 2.75) is 39.2 Å². The van der Waals surface area contributed by atoms with Crippen LogP contribution in [-0.2, 0) is 0 Å². The molecule has 0 bridgehead atoms. The molecule has 1 amide bonds. The molecule has 0 fully saturated rings. The van der Waals surface area contributed by atoms with Gasteiger partial charge in [0.1, 0.15) is 11.6 Å². The number of rotatable bonds is 5. The van der Waals surface area contributed by atoms with Gasteiger partial charge in [0.25, 0.3) is 5.91 Å². The zero-order chi connectivity index (χ0) is 12.8. The Balaban J connectivity index is 2.75. The Kier molecular flexibility index (Phi) is 4.94. The summed E-state index contributed by atoms with van der Waals surface area (Å²) in [6, 6.07) is 3.49. The normalized spacial score (nSPS) is 12.2. The smallest absolute Gasteiger partial charge is 0.255 e. The summed E-state index contributed by atoms with van der Waals surface area (Å²) in [7, 11) is 0. The molecular weight excluding hydrogens is 221 g/mol. The molecule has 2 N–H and O–H groups in total. The Morgan fingerprint density at radius 2 is 2.18 bits per heavy atom. The number of nitrogens with one attached hydrogen (secondary N) is 1. The van der Waals surface area contributed by atoms with Gasteiger partial charge in [0.05, 0.1) is 5.56 Å². The van der Waals surface area contributed by atoms with Gasteiger partial charge in [0, 0.05) is 12.1 Å². The van der Waals surface area contributed by atoms with Gasteiger partial charge in [-0.15, -0.1) is 0 Å². The fraction of sp³-hybridized carbons (Fsp3) is 0.462. The average Bonchev–Trinajstić information content (AvgIpc) is 2.28. The predicted molar refractivity (Wildman–Crippen MR) is 64.5 cm³/mol. The lowest BCUT2D eigenvalue weighted by atomic mass is 10.1. The number of benzene rings is 1. The van der Waals surface area contributed by atoms with Gasteiger partial charge in [0.15, 0.2) is 0 Å². The zero-order valence-electron chi connectivity index (χ0n) is 10.2. The molecule has 0 radical (unpaired) electrons. The van der Waals surface area contributed by atoms with Gasteiger partial charge in [-0.1, -0.05) is 20.3 Å². The van der Waals surface area contributed by atoms with Gasteiger partial charge in [-0.3, -0.25) is 4.79 Å². The summed E-state index contributed by atoms with van der Waals surface area (Å²) in [5.41, 5.74) is 0.112. The summed E-state index contributed by atoms with van der Waals surface area (Å²) in [5, 5.41) is 12.3. The number of hydrogen-bond donors (Lipinski definition) is 2. The third kappa shape index (κ3) is 3.73. The number of carbonyl (C=O) groups is 1. The number of hydrogen-bond acceptors (Lipinski definition) is 2. The highest BCUT2D eigenvalue weighted by Crippen LogP contribution is 2.18. The third-order valence-electron chi connectivity index (χ3n) is 2.67. The summed E-state index contributed by atoms with van der Waals surface area (Å²) >= 11 is 0. The Bertz CT molecular complexity index is 393. The topological polar surface area (TPSA) is 49.3 Å². The fourth-order valence-electron chi connectivity index (χ4n) is 1.69. The van der Waals surface area contributed by atoms with Crippen molar-refractivity contribution in [1.82, 2.24) is 5.32 Å². The second-order valence-electron chi connectivity index (χ2n) is 4.03. The first-order valence-electron chi connectivity index (χ1n) is 5.87. The van der Waals surface area contributed by atoms with E-state index in [0.29, 0.717) is 0 Å². The Morgan fingerprint density at radius 3 is 2.71 bits per heavy atom. The van der Waals surface area contributed by atoms with Crippen molar-refractivity contribution in [3.8, 4) is 5.75 Å². The highest BCUT2D eigenvalue weighted by atomic mass is 19.1. The molecule has 0 aliphatic rings. The fourth-order valence-corrected chi connectivity index (χ4v) is 1.69. The molecule has 1 atom stereocenters. The van der Waals surface area contributed by atoms with E-state index in [-0.39, 0.29) is 23.3 Å². The zero-order valence-corrected chi connectivity index (χ0v) is 10.2. The van der Waals surface area contributed by atoms with E-state index in [9.17, 15) is 14.3 Å².